The number of hydrogen-bond acceptors (Lipinski definition) is 9. The molecule has 0 aliphatic carbocycles. The molecule has 0 radical (unpaired) electrons. The first-order chi connectivity index (χ1) is 21.4. The van der Waals surface area contributed by atoms with Crippen LogP contribution < -0.4 is 19.7 Å². The summed E-state index contributed by atoms with van der Waals surface area (Å²) in [7, 11) is 0. The molecular weight excluding hydrogens is 573 g/mol. The molecule has 7 rings (SSSR count). The molecule has 1 N–H and O–H groups in total. The second kappa shape index (κ2) is 11.6. The molecule has 1 fully saturated rings. The van der Waals surface area contributed by atoms with Crippen molar-refractivity contribution in [3.63, 3.8) is 0 Å². The number of nitrogens with one attached hydrogen (secondary N) is 1. The molecule has 0 saturated carbocycles. The summed E-state index contributed by atoms with van der Waals surface area (Å²) in [5.41, 5.74) is 3.37. The van der Waals surface area contributed by atoms with Gasteiger partial charge in [0.25, 0.3) is 0 Å². The van der Waals surface area contributed by atoms with E-state index in [-0.39, 0.29) is 6.79 Å². The van der Waals surface area contributed by atoms with E-state index in [1.807, 2.05) is 28.8 Å². The Morgan fingerprint density at radius 3 is 2.41 bits per heavy atom. The summed E-state index contributed by atoms with van der Waals surface area (Å²) in [6.07, 6.45) is 0.777. The SMILES string of the molecule is FC(F)(F)c1ccc(Cn2cnc3c(NCc4cccnc4)nc(N4CCN(Cc5ccc6c(c5)OCO6)CC4)nc32)cc1. The lowest BCUT2D eigenvalue weighted by atomic mass is 10.1. The zero-order valence-electron chi connectivity index (χ0n) is 23.7. The normalized spacial score (nSPS) is 15.2. The molecule has 10 nitrogen and oxygen atoms in total. The predicted octanol–water partition coefficient (Wildman–Crippen LogP) is 4.95. The molecule has 0 amide bonds. The van der Waals surface area contributed by atoms with Crippen LogP contribution in [0.5, 0.6) is 11.5 Å². The average Bonchev–Trinajstić information content (AvgIpc) is 3.67. The van der Waals surface area contributed by atoms with Crippen molar-refractivity contribution in [3.05, 3.63) is 95.6 Å². The first kappa shape index (κ1) is 27.9. The topological polar surface area (TPSA) is 93.5 Å². The lowest BCUT2D eigenvalue weighted by molar-refractivity contribution is -0.137. The van der Waals surface area contributed by atoms with Gasteiger partial charge in [0.15, 0.2) is 28.5 Å². The van der Waals surface area contributed by atoms with E-state index in [4.69, 9.17) is 19.4 Å². The Kier molecular flexibility index (Phi) is 7.38. The Morgan fingerprint density at radius 2 is 1.64 bits per heavy atom. The first-order valence-electron chi connectivity index (χ1n) is 14.3. The van der Waals surface area contributed by atoms with Crippen molar-refractivity contribution in [1.29, 1.82) is 0 Å². The van der Waals surface area contributed by atoms with E-state index >= 15 is 0 Å². The number of fused-ring (bicyclic) bond motifs is 2. The Hall–Kier alpha value is -4.91. The smallest absolute Gasteiger partial charge is 0.416 e. The van der Waals surface area contributed by atoms with Gasteiger partial charge < -0.3 is 24.3 Å². The van der Waals surface area contributed by atoms with Crippen LogP contribution in [-0.2, 0) is 25.8 Å². The fraction of sp³-hybridized carbons (Fsp3) is 0.290. The Balaban J connectivity index is 1.12. The number of hydrogen-bond donors (Lipinski definition) is 1. The summed E-state index contributed by atoms with van der Waals surface area (Å²) in [5, 5.41) is 3.40. The van der Waals surface area contributed by atoms with Gasteiger partial charge in [0.1, 0.15) is 0 Å². The summed E-state index contributed by atoms with van der Waals surface area (Å²) in [6.45, 7) is 4.95. The number of rotatable bonds is 8. The largest absolute Gasteiger partial charge is 0.454 e. The summed E-state index contributed by atoms with van der Waals surface area (Å²) < 4.78 is 52.1. The molecule has 1 saturated heterocycles. The van der Waals surface area contributed by atoms with Crippen LogP contribution in [0.4, 0.5) is 24.9 Å². The van der Waals surface area contributed by atoms with Crippen LogP contribution in [0.2, 0.25) is 0 Å². The number of anilines is 2. The van der Waals surface area contributed by atoms with Crippen molar-refractivity contribution in [2.24, 2.45) is 0 Å². The maximum atomic E-state index is 13.1. The molecule has 0 atom stereocenters. The molecule has 0 spiro atoms. The van der Waals surface area contributed by atoms with Gasteiger partial charge in [0.2, 0.25) is 12.7 Å². The molecule has 5 aromatic rings. The summed E-state index contributed by atoms with van der Waals surface area (Å²) in [4.78, 5) is 23.1. The van der Waals surface area contributed by atoms with E-state index in [0.717, 1.165) is 67.5 Å². The zero-order chi connectivity index (χ0) is 30.1. The van der Waals surface area contributed by atoms with Crippen LogP contribution in [0.1, 0.15) is 22.3 Å². The van der Waals surface area contributed by atoms with E-state index in [2.05, 4.69) is 31.2 Å². The van der Waals surface area contributed by atoms with Crippen molar-refractivity contribution in [1.82, 2.24) is 29.4 Å². The van der Waals surface area contributed by atoms with Crippen molar-refractivity contribution in [3.8, 4) is 11.5 Å². The average molecular weight is 603 g/mol. The molecule has 2 aliphatic heterocycles. The van der Waals surface area contributed by atoms with Gasteiger partial charge in [-0.15, -0.1) is 0 Å². The van der Waals surface area contributed by atoms with Crippen molar-refractivity contribution >= 4 is 22.9 Å². The molecule has 3 aromatic heterocycles. The van der Waals surface area contributed by atoms with Crippen LogP contribution in [0.15, 0.2) is 73.3 Å². The fourth-order valence-electron chi connectivity index (χ4n) is 5.40. The minimum absolute atomic E-state index is 0.254. The van der Waals surface area contributed by atoms with Gasteiger partial charge >= 0.3 is 6.18 Å². The van der Waals surface area contributed by atoms with E-state index in [9.17, 15) is 13.2 Å². The monoisotopic (exact) mass is 602 g/mol. The highest BCUT2D eigenvalue weighted by Gasteiger charge is 2.30. The van der Waals surface area contributed by atoms with Gasteiger partial charge in [-0.1, -0.05) is 24.3 Å². The number of benzene rings is 2. The number of nitrogens with zero attached hydrogens (tertiary/aromatic N) is 7. The molecule has 0 bridgehead atoms. The van der Waals surface area contributed by atoms with Crippen LogP contribution in [0.3, 0.4) is 0 Å². The summed E-state index contributed by atoms with van der Waals surface area (Å²) >= 11 is 0. The summed E-state index contributed by atoms with van der Waals surface area (Å²) in [6, 6.07) is 15.1. The minimum Gasteiger partial charge on any atom is -0.454 e. The van der Waals surface area contributed by atoms with Crippen LogP contribution >= 0.6 is 0 Å². The minimum atomic E-state index is -4.38. The quantitative estimate of drug-likeness (QED) is 0.265. The molecule has 2 aliphatic rings. The third kappa shape index (κ3) is 5.95. The van der Waals surface area contributed by atoms with Gasteiger partial charge in [0, 0.05) is 51.7 Å². The zero-order valence-corrected chi connectivity index (χ0v) is 23.7. The molecule has 44 heavy (non-hydrogen) atoms. The third-order valence-corrected chi connectivity index (χ3v) is 7.77. The lowest BCUT2D eigenvalue weighted by Gasteiger charge is -2.34. The third-order valence-electron chi connectivity index (χ3n) is 7.77. The van der Waals surface area contributed by atoms with Crippen LogP contribution in [-0.4, -0.2) is 62.4 Å². The molecule has 226 valence electrons. The highest BCUT2D eigenvalue weighted by molar-refractivity contribution is 5.84. The number of halogens is 3. The van der Waals surface area contributed by atoms with E-state index < -0.39 is 11.7 Å². The number of piperazine rings is 1. The maximum Gasteiger partial charge on any atom is 0.416 e. The predicted molar refractivity (Wildman–Crippen MR) is 157 cm³/mol. The second-order valence-electron chi connectivity index (χ2n) is 10.8. The van der Waals surface area contributed by atoms with E-state index in [0.29, 0.717) is 41.6 Å². The first-order valence-corrected chi connectivity index (χ1v) is 14.3. The van der Waals surface area contributed by atoms with Gasteiger partial charge in [-0.05, 0) is 47.0 Å². The number of ether oxygens (including phenoxy) is 2. The van der Waals surface area contributed by atoms with Crippen molar-refractivity contribution < 1.29 is 22.6 Å². The van der Waals surface area contributed by atoms with Crippen molar-refractivity contribution in [2.75, 3.05) is 43.2 Å². The number of imidazole rings is 1. The standard InChI is InChI=1S/C31H29F3N8O2/c32-31(33,34)24-6-3-21(4-7-24)18-42-19-37-27-28(36-16-23-2-1-9-35-15-23)38-30(39-29(27)42)41-12-10-40(11-13-41)17-22-5-8-25-26(14-22)44-20-43-25/h1-9,14-15,19H,10-13,16-18,20H2,(H,36,38,39). The number of pyridine rings is 1. The molecular formula is C31H29F3N8O2. The van der Waals surface area contributed by atoms with Crippen LogP contribution in [0, 0.1) is 0 Å². The van der Waals surface area contributed by atoms with Crippen LogP contribution in [0.25, 0.3) is 11.2 Å². The Bertz CT molecular complexity index is 1750. The number of alkyl halides is 3. The Morgan fingerprint density at radius 1 is 0.841 bits per heavy atom. The Labute approximate surface area is 251 Å². The van der Waals surface area contributed by atoms with Gasteiger partial charge in [-0.3, -0.25) is 9.88 Å². The summed E-state index contributed by atoms with van der Waals surface area (Å²) in [5.74, 6) is 2.71. The van der Waals surface area contributed by atoms with E-state index in [1.165, 1.54) is 12.1 Å². The second-order valence-corrected chi connectivity index (χ2v) is 10.8. The van der Waals surface area contributed by atoms with E-state index in [1.54, 1.807) is 18.7 Å². The van der Waals surface area contributed by atoms with Gasteiger partial charge in [-0.25, -0.2) is 4.98 Å². The van der Waals surface area contributed by atoms with Gasteiger partial charge in [0.05, 0.1) is 18.4 Å². The van der Waals surface area contributed by atoms with Gasteiger partial charge in [-0.2, -0.15) is 23.1 Å². The molecule has 13 heteroatoms. The molecule has 0 unspecified atom stereocenters. The lowest BCUT2D eigenvalue weighted by Crippen LogP contribution is -2.46. The maximum absolute atomic E-state index is 13.1. The van der Waals surface area contributed by atoms with Crippen molar-refractivity contribution in [2.45, 2.75) is 25.8 Å². The highest BCUT2D eigenvalue weighted by Crippen LogP contribution is 2.33. The molecule has 5 heterocycles. The molecule has 2 aromatic carbocycles. The number of aromatic nitrogens is 5. The fourth-order valence-corrected chi connectivity index (χ4v) is 5.40. The highest BCUT2D eigenvalue weighted by atomic mass is 19.4.